The Hall–Kier alpha value is -1.10. The van der Waals surface area contributed by atoms with Crippen LogP contribution in [0.4, 0.5) is 5.69 Å². The SMILES string of the molecule is CCCCCCCCC(c1cccc(NCC)c1)C(OC)(OC)OC. The summed E-state index contributed by atoms with van der Waals surface area (Å²) in [6.45, 7) is 5.25. The van der Waals surface area contributed by atoms with E-state index in [0.29, 0.717) is 0 Å². The van der Waals surface area contributed by atoms with E-state index in [1.807, 2.05) is 0 Å². The molecular formula is C21H37NO3. The van der Waals surface area contributed by atoms with Crippen molar-refractivity contribution in [2.45, 2.75) is 70.7 Å². The zero-order valence-electron chi connectivity index (χ0n) is 16.8. The van der Waals surface area contributed by atoms with Gasteiger partial charge in [-0.1, -0.05) is 57.6 Å². The van der Waals surface area contributed by atoms with Crippen LogP contribution in [0.15, 0.2) is 24.3 Å². The fourth-order valence-electron chi connectivity index (χ4n) is 3.42. The molecule has 0 radical (unpaired) electrons. The molecule has 4 heteroatoms. The van der Waals surface area contributed by atoms with E-state index < -0.39 is 5.97 Å². The first-order chi connectivity index (χ1) is 12.2. The van der Waals surface area contributed by atoms with E-state index >= 15 is 0 Å². The van der Waals surface area contributed by atoms with E-state index in [2.05, 4.69) is 43.4 Å². The van der Waals surface area contributed by atoms with Gasteiger partial charge in [0.05, 0.1) is 5.92 Å². The van der Waals surface area contributed by atoms with Crippen molar-refractivity contribution in [3.8, 4) is 0 Å². The lowest BCUT2D eigenvalue weighted by atomic mass is 9.90. The third-order valence-corrected chi connectivity index (χ3v) is 4.80. The molecule has 1 aromatic rings. The summed E-state index contributed by atoms with van der Waals surface area (Å²) >= 11 is 0. The zero-order chi connectivity index (χ0) is 18.5. The second-order valence-corrected chi connectivity index (χ2v) is 6.48. The van der Waals surface area contributed by atoms with Crippen molar-refractivity contribution in [1.82, 2.24) is 0 Å². The number of unbranched alkanes of at least 4 members (excludes halogenated alkanes) is 5. The number of methoxy groups -OCH3 is 3. The Bertz CT molecular complexity index is 452. The van der Waals surface area contributed by atoms with Gasteiger partial charge >= 0.3 is 0 Å². The molecule has 1 N–H and O–H groups in total. The van der Waals surface area contributed by atoms with Gasteiger partial charge in [0.25, 0.3) is 5.97 Å². The highest BCUT2D eigenvalue weighted by atomic mass is 16.9. The van der Waals surface area contributed by atoms with Crippen molar-refractivity contribution in [2.75, 3.05) is 33.2 Å². The number of hydrogen-bond acceptors (Lipinski definition) is 4. The summed E-state index contributed by atoms with van der Waals surface area (Å²) in [5.74, 6) is -1.02. The fraction of sp³-hybridized carbons (Fsp3) is 0.714. The number of ether oxygens (including phenoxy) is 3. The standard InChI is InChI=1S/C21H37NO3/c1-6-8-9-10-11-12-16-20(21(23-3,24-4)25-5)18-14-13-15-19(17-18)22-7-2/h13-15,17,20,22H,6-12,16H2,1-5H3. The Labute approximate surface area is 154 Å². The molecule has 0 aliphatic heterocycles. The predicted octanol–water partition coefficient (Wildman–Crippen LogP) is 5.55. The monoisotopic (exact) mass is 351 g/mol. The molecule has 0 spiro atoms. The minimum atomic E-state index is -1.05. The number of rotatable bonds is 14. The normalized spacial score (nSPS) is 13.0. The van der Waals surface area contributed by atoms with Crippen LogP contribution in [0.2, 0.25) is 0 Å². The molecule has 0 saturated heterocycles. The van der Waals surface area contributed by atoms with Crippen molar-refractivity contribution in [3.63, 3.8) is 0 Å². The van der Waals surface area contributed by atoms with E-state index in [1.165, 1.54) is 37.7 Å². The van der Waals surface area contributed by atoms with Crippen molar-refractivity contribution >= 4 is 5.69 Å². The number of anilines is 1. The summed E-state index contributed by atoms with van der Waals surface area (Å²) in [5, 5.41) is 3.38. The van der Waals surface area contributed by atoms with Crippen LogP contribution in [0.3, 0.4) is 0 Å². The minimum absolute atomic E-state index is 0.0253. The summed E-state index contributed by atoms with van der Waals surface area (Å²) in [5.41, 5.74) is 2.29. The predicted molar refractivity (Wildman–Crippen MR) is 105 cm³/mol. The van der Waals surface area contributed by atoms with Crippen LogP contribution in [-0.2, 0) is 14.2 Å². The van der Waals surface area contributed by atoms with Crippen LogP contribution in [0.25, 0.3) is 0 Å². The molecular weight excluding hydrogens is 314 g/mol. The lowest BCUT2D eigenvalue weighted by Gasteiger charge is -2.37. The van der Waals surface area contributed by atoms with Crippen molar-refractivity contribution in [3.05, 3.63) is 29.8 Å². The second kappa shape index (κ2) is 12.3. The molecule has 0 saturated carbocycles. The van der Waals surface area contributed by atoms with E-state index in [4.69, 9.17) is 14.2 Å². The highest BCUT2D eigenvalue weighted by Gasteiger charge is 2.40. The molecule has 4 nitrogen and oxygen atoms in total. The molecule has 1 rings (SSSR count). The van der Waals surface area contributed by atoms with E-state index in [0.717, 1.165) is 25.1 Å². The summed E-state index contributed by atoms with van der Waals surface area (Å²) in [6, 6.07) is 8.47. The third kappa shape index (κ3) is 6.61. The summed E-state index contributed by atoms with van der Waals surface area (Å²) < 4.78 is 17.1. The van der Waals surface area contributed by atoms with Gasteiger partial charge in [0, 0.05) is 33.6 Å². The highest BCUT2D eigenvalue weighted by molar-refractivity contribution is 5.46. The molecule has 0 aliphatic rings. The van der Waals surface area contributed by atoms with Gasteiger partial charge in [0.15, 0.2) is 0 Å². The molecule has 25 heavy (non-hydrogen) atoms. The van der Waals surface area contributed by atoms with Gasteiger partial charge in [-0.15, -0.1) is 0 Å². The fourth-order valence-corrected chi connectivity index (χ4v) is 3.42. The first-order valence-corrected chi connectivity index (χ1v) is 9.66. The first-order valence-electron chi connectivity index (χ1n) is 9.66. The topological polar surface area (TPSA) is 39.7 Å². The highest BCUT2D eigenvalue weighted by Crippen LogP contribution is 2.38. The van der Waals surface area contributed by atoms with Crippen molar-refractivity contribution in [2.24, 2.45) is 0 Å². The molecule has 0 fully saturated rings. The van der Waals surface area contributed by atoms with Gasteiger partial charge in [-0.2, -0.15) is 0 Å². The number of nitrogens with one attached hydrogen (secondary N) is 1. The van der Waals surface area contributed by atoms with E-state index in [1.54, 1.807) is 21.3 Å². The van der Waals surface area contributed by atoms with E-state index in [9.17, 15) is 0 Å². The Morgan fingerprint density at radius 1 is 0.920 bits per heavy atom. The Morgan fingerprint density at radius 3 is 2.16 bits per heavy atom. The Balaban J connectivity index is 2.89. The molecule has 1 aromatic carbocycles. The second-order valence-electron chi connectivity index (χ2n) is 6.48. The smallest absolute Gasteiger partial charge is 0.289 e. The van der Waals surface area contributed by atoms with Crippen LogP contribution in [0.5, 0.6) is 0 Å². The van der Waals surface area contributed by atoms with Crippen LogP contribution in [0.1, 0.15) is 70.3 Å². The van der Waals surface area contributed by atoms with Gasteiger partial charge < -0.3 is 19.5 Å². The Morgan fingerprint density at radius 2 is 1.56 bits per heavy atom. The van der Waals surface area contributed by atoms with Crippen LogP contribution >= 0.6 is 0 Å². The van der Waals surface area contributed by atoms with Gasteiger partial charge in [0.1, 0.15) is 0 Å². The molecule has 144 valence electrons. The number of benzene rings is 1. The van der Waals surface area contributed by atoms with Gasteiger partial charge in [-0.05, 0) is 31.0 Å². The quantitative estimate of drug-likeness (QED) is 0.352. The van der Waals surface area contributed by atoms with Gasteiger partial charge in [-0.3, -0.25) is 0 Å². The lowest BCUT2D eigenvalue weighted by molar-refractivity contribution is -0.365. The molecule has 1 unspecified atom stereocenters. The van der Waals surface area contributed by atoms with Crippen molar-refractivity contribution in [1.29, 1.82) is 0 Å². The van der Waals surface area contributed by atoms with Crippen LogP contribution in [0, 0.1) is 0 Å². The maximum atomic E-state index is 5.68. The zero-order valence-corrected chi connectivity index (χ0v) is 16.8. The lowest BCUT2D eigenvalue weighted by Crippen LogP contribution is -2.42. The molecule has 0 aliphatic carbocycles. The minimum Gasteiger partial charge on any atom is -0.385 e. The van der Waals surface area contributed by atoms with Crippen molar-refractivity contribution < 1.29 is 14.2 Å². The molecule has 0 heterocycles. The molecule has 0 bridgehead atoms. The first kappa shape index (κ1) is 21.9. The molecule has 1 atom stereocenters. The molecule has 0 aromatic heterocycles. The van der Waals surface area contributed by atoms with Gasteiger partial charge in [-0.25, -0.2) is 0 Å². The summed E-state index contributed by atoms with van der Waals surface area (Å²) in [7, 11) is 4.94. The summed E-state index contributed by atoms with van der Waals surface area (Å²) in [6.07, 6.45) is 8.55. The third-order valence-electron chi connectivity index (χ3n) is 4.80. The van der Waals surface area contributed by atoms with E-state index in [-0.39, 0.29) is 5.92 Å². The number of hydrogen-bond donors (Lipinski definition) is 1. The molecule has 0 amide bonds. The summed E-state index contributed by atoms with van der Waals surface area (Å²) in [4.78, 5) is 0. The average molecular weight is 352 g/mol. The maximum absolute atomic E-state index is 5.68. The average Bonchev–Trinajstić information content (AvgIpc) is 2.65. The maximum Gasteiger partial charge on any atom is 0.289 e. The van der Waals surface area contributed by atoms with Crippen LogP contribution < -0.4 is 5.32 Å². The van der Waals surface area contributed by atoms with Gasteiger partial charge in [0.2, 0.25) is 0 Å². The largest absolute Gasteiger partial charge is 0.385 e. The van der Waals surface area contributed by atoms with Crippen LogP contribution in [-0.4, -0.2) is 33.8 Å². The Kier molecular flexibility index (Phi) is 10.8.